The molecule has 0 unspecified atom stereocenters. The van der Waals surface area contributed by atoms with Crippen LogP contribution in [0, 0.1) is 0 Å². The molecule has 1 aliphatic heterocycles. The van der Waals surface area contributed by atoms with Gasteiger partial charge >= 0.3 is 0 Å². The van der Waals surface area contributed by atoms with Crippen molar-refractivity contribution in [2.75, 3.05) is 25.1 Å². The number of rotatable bonds is 6. The van der Waals surface area contributed by atoms with Crippen LogP contribution in [0.2, 0.25) is 0 Å². The van der Waals surface area contributed by atoms with E-state index in [2.05, 4.69) is 52.0 Å². The van der Waals surface area contributed by atoms with E-state index >= 15 is 0 Å². The zero-order valence-corrected chi connectivity index (χ0v) is 19.6. The highest BCUT2D eigenvalue weighted by atomic mass is 32.2. The zero-order chi connectivity index (χ0) is 22.1. The first-order chi connectivity index (χ1) is 15.5. The first-order valence-electron chi connectivity index (χ1n) is 10.9. The highest BCUT2D eigenvalue weighted by Crippen LogP contribution is 2.28. The van der Waals surface area contributed by atoms with Gasteiger partial charge in [-0.25, -0.2) is 18.4 Å². The van der Waals surface area contributed by atoms with Gasteiger partial charge in [0.2, 0.25) is 0 Å². The molecule has 166 valence electrons. The SMILES string of the molecule is CN(CCc1cn(-c2cscn2)c2nc(-c3ccccc3)ccc12)C1CCS(=O)(=O)CC1. The third kappa shape index (κ3) is 4.35. The normalized spacial score (nSPS) is 16.7. The molecule has 3 aromatic heterocycles. The number of nitrogens with zero attached hydrogens (tertiary/aromatic N) is 4. The van der Waals surface area contributed by atoms with Crippen LogP contribution in [0.25, 0.3) is 28.1 Å². The van der Waals surface area contributed by atoms with Gasteiger partial charge in [-0.3, -0.25) is 4.57 Å². The quantitative estimate of drug-likeness (QED) is 0.426. The van der Waals surface area contributed by atoms with Crippen LogP contribution in [-0.2, 0) is 16.3 Å². The van der Waals surface area contributed by atoms with Gasteiger partial charge in [-0.05, 0) is 44.0 Å². The lowest BCUT2D eigenvalue weighted by Crippen LogP contribution is -2.39. The highest BCUT2D eigenvalue weighted by molar-refractivity contribution is 7.91. The maximum absolute atomic E-state index is 11.8. The van der Waals surface area contributed by atoms with Crippen LogP contribution in [0.15, 0.2) is 59.6 Å². The van der Waals surface area contributed by atoms with Crippen molar-refractivity contribution in [3.05, 3.63) is 65.1 Å². The Kier molecular flexibility index (Phi) is 5.84. The Hall–Kier alpha value is -2.55. The summed E-state index contributed by atoms with van der Waals surface area (Å²) in [6.45, 7) is 0.876. The van der Waals surface area contributed by atoms with E-state index in [-0.39, 0.29) is 0 Å². The van der Waals surface area contributed by atoms with Crippen molar-refractivity contribution >= 4 is 32.2 Å². The van der Waals surface area contributed by atoms with Gasteiger partial charge in [0.1, 0.15) is 21.3 Å². The molecule has 0 amide bonds. The Labute approximate surface area is 192 Å². The summed E-state index contributed by atoms with van der Waals surface area (Å²) in [4.78, 5) is 11.8. The number of hydrogen-bond acceptors (Lipinski definition) is 6. The predicted molar refractivity (Wildman–Crippen MR) is 130 cm³/mol. The van der Waals surface area contributed by atoms with Gasteiger partial charge in [0.25, 0.3) is 0 Å². The fourth-order valence-corrected chi connectivity index (χ4v) is 6.43. The van der Waals surface area contributed by atoms with Gasteiger partial charge in [0.05, 0.1) is 22.7 Å². The lowest BCUT2D eigenvalue weighted by atomic mass is 10.1. The number of fused-ring (bicyclic) bond motifs is 1. The summed E-state index contributed by atoms with van der Waals surface area (Å²) in [7, 11) is -0.733. The number of thiazole rings is 1. The first kappa shape index (κ1) is 21.3. The topological polar surface area (TPSA) is 68.1 Å². The van der Waals surface area contributed by atoms with Gasteiger partial charge in [0.15, 0.2) is 0 Å². The standard InChI is InChI=1S/C24H26N4O2S2/c1-27(20-10-13-32(29,30)14-11-20)12-9-19-15-28(23-16-31-17-25-23)24-21(19)7-8-22(26-24)18-5-3-2-4-6-18/h2-8,15-17,20H,9-14H2,1H3. The molecule has 32 heavy (non-hydrogen) atoms. The van der Waals surface area contributed by atoms with E-state index in [9.17, 15) is 8.42 Å². The Bertz CT molecular complexity index is 1300. The third-order valence-corrected chi connectivity index (χ3v) is 8.64. The number of likely N-dealkylation sites (N-methyl/N-ethyl adjacent to an activating group) is 1. The average molecular weight is 467 g/mol. The smallest absolute Gasteiger partial charge is 0.150 e. The fourth-order valence-electron chi connectivity index (χ4n) is 4.44. The van der Waals surface area contributed by atoms with Crippen LogP contribution in [0.5, 0.6) is 0 Å². The molecule has 5 rings (SSSR count). The number of benzene rings is 1. The molecule has 4 heterocycles. The van der Waals surface area contributed by atoms with Gasteiger partial charge in [-0.1, -0.05) is 30.3 Å². The van der Waals surface area contributed by atoms with Crippen LogP contribution in [0.4, 0.5) is 0 Å². The van der Waals surface area contributed by atoms with Crippen LogP contribution in [0.3, 0.4) is 0 Å². The molecule has 0 spiro atoms. The Morgan fingerprint density at radius 3 is 2.62 bits per heavy atom. The molecule has 4 aromatic rings. The molecule has 0 radical (unpaired) electrons. The summed E-state index contributed by atoms with van der Waals surface area (Å²) in [6, 6.07) is 14.8. The summed E-state index contributed by atoms with van der Waals surface area (Å²) in [6.07, 6.45) is 4.48. The van der Waals surface area contributed by atoms with Gasteiger partial charge < -0.3 is 4.90 Å². The fraction of sp³-hybridized carbons (Fsp3) is 0.333. The van der Waals surface area contributed by atoms with Gasteiger partial charge in [0, 0.05) is 35.1 Å². The Balaban J connectivity index is 1.43. The zero-order valence-electron chi connectivity index (χ0n) is 18.0. The minimum absolute atomic E-state index is 0.303. The second-order valence-corrected chi connectivity index (χ2v) is 11.4. The minimum Gasteiger partial charge on any atom is -0.303 e. The monoisotopic (exact) mass is 466 g/mol. The number of aromatic nitrogens is 3. The lowest BCUT2D eigenvalue weighted by Gasteiger charge is -2.31. The van der Waals surface area contributed by atoms with Crippen LogP contribution >= 0.6 is 11.3 Å². The van der Waals surface area contributed by atoms with E-state index in [1.807, 2.05) is 29.1 Å². The Morgan fingerprint density at radius 2 is 1.91 bits per heavy atom. The second kappa shape index (κ2) is 8.77. The molecule has 1 aromatic carbocycles. The molecular weight excluding hydrogens is 440 g/mol. The summed E-state index contributed by atoms with van der Waals surface area (Å²) in [5, 5.41) is 3.17. The maximum atomic E-state index is 11.8. The molecule has 0 saturated carbocycles. The summed E-state index contributed by atoms with van der Waals surface area (Å²) >= 11 is 1.57. The van der Waals surface area contributed by atoms with Crippen LogP contribution in [0.1, 0.15) is 18.4 Å². The summed E-state index contributed by atoms with van der Waals surface area (Å²) in [5.41, 5.74) is 6.02. The number of sulfone groups is 1. The van der Waals surface area contributed by atoms with Crippen molar-refractivity contribution in [3.63, 3.8) is 0 Å². The molecular formula is C24H26N4O2S2. The van der Waals surface area contributed by atoms with E-state index < -0.39 is 9.84 Å². The lowest BCUT2D eigenvalue weighted by molar-refractivity contribution is 0.229. The van der Waals surface area contributed by atoms with E-state index in [0.717, 1.165) is 53.9 Å². The highest BCUT2D eigenvalue weighted by Gasteiger charge is 2.26. The molecule has 8 heteroatoms. The largest absolute Gasteiger partial charge is 0.303 e. The first-order valence-corrected chi connectivity index (χ1v) is 13.6. The minimum atomic E-state index is -2.84. The second-order valence-electron chi connectivity index (χ2n) is 8.42. The third-order valence-electron chi connectivity index (χ3n) is 6.35. The van der Waals surface area contributed by atoms with Crippen LogP contribution in [-0.4, -0.2) is 59.0 Å². The van der Waals surface area contributed by atoms with E-state index in [1.54, 1.807) is 11.3 Å². The molecule has 1 saturated heterocycles. The van der Waals surface area contributed by atoms with Crippen molar-refractivity contribution in [1.82, 2.24) is 19.4 Å². The van der Waals surface area contributed by atoms with Crippen molar-refractivity contribution in [2.24, 2.45) is 0 Å². The van der Waals surface area contributed by atoms with Gasteiger partial charge in [-0.2, -0.15) is 0 Å². The van der Waals surface area contributed by atoms with E-state index in [4.69, 9.17) is 4.98 Å². The molecule has 0 atom stereocenters. The summed E-state index contributed by atoms with van der Waals surface area (Å²) in [5.74, 6) is 1.49. The molecule has 1 aliphatic rings. The average Bonchev–Trinajstić information content (AvgIpc) is 3.46. The molecule has 6 nitrogen and oxygen atoms in total. The number of hydrogen-bond donors (Lipinski definition) is 0. The van der Waals surface area contributed by atoms with Crippen molar-refractivity contribution < 1.29 is 8.42 Å². The Morgan fingerprint density at radius 1 is 1.12 bits per heavy atom. The number of pyridine rings is 1. The molecule has 0 aliphatic carbocycles. The van der Waals surface area contributed by atoms with Crippen molar-refractivity contribution in [1.29, 1.82) is 0 Å². The predicted octanol–water partition coefficient (Wildman–Crippen LogP) is 4.20. The summed E-state index contributed by atoms with van der Waals surface area (Å²) < 4.78 is 25.6. The molecule has 0 bridgehead atoms. The van der Waals surface area contributed by atoms with Crippen molar-refractivity contribution in [2.45, 2.75) is 25.3 Å². The van der Waals surface area contributed by atoms with E-state index in [0.29, 0.717) is 17.5 Å². The van der Waals surface area contributed by atoms with E-state index in [1.165, 1.54) is 5.56 Å². The van der Waals surface area contributed by atoms with Crippen molar-refractivity contribution in [3.8, 4) is 17.1 Å². The molecule has 0 N–H and O–H groups in total. The van der Waals surface area contributed by atoms with Crippen LogP contribution < -0.4 is 0 Å². The van der Waals surface area contributed by atoms with Gasteiger partial charge in [-0.15, -0.1) is 11.3 Å². The maximum Gasteiger partial charge on any atom is 0.150 e. The molecule has 1 fully saturated rings.